The van der Waals surface area contributed by atoms with Gasteiger partial charge in [-0.1, -0.05) is 61.2 Å². The molecule has 1 fully saturated rings. The topological polar surface area (TPSA) is 23.6 Å². The van der Waals surface area contributed by atoms with Crippen molar-refractivity contribution in [2.45, 2.75) is 31.3 Å². The maximum atomic E-state index is 12.8. The number of para-hydroxylation sites is 1. The van der Waals surface area contributed by atoms with Gasteiger partial charge in [-0.25, -0.2) is 0 Å². The predicted octanol–water partition coefficient (Wildman–Crippen LogP) is 4.82. The number of amides is 1. The third-order valence-corrected chi connectivity index (χ3v) is 5.44. The summed E-state index contributed by atoms with van der Waals surface area (Å²) in [6, 6.07) is 20.5. The monoisotopic (exact) mass is 360 g/mol. The molecule has 27 heavy (non-hydrogen) atoms. The van der Waals surface area contributed by atoms with E-state index in [0.29, 0.717) is 0 Å². The lowest BCUT2D eigenvalue weighted by Crippen LogP contribution is -2.57. The lowest BCUT2D eigenvalue weighted by molar-refractivity contribution is -0.115. The largest absolute Gasteiger partial charge is 0.302 e. The normalized spacial score (nSPS) is 16.4. The number of rotatable bonds is 7. The fraction of sp³-hybridized carbons (Fsp3) is 0.292. The Labute approximate surface area is 162 Å². The molecule has 1 aliphatic rings. The minimum atomic E-state index is -0.248. The first-order valence-corrected chi connectivity index (χ1v) is 9.57. The minimum Gasteiger partial charge on any atom is -0.302 e. The van der Waals surface area contributed by atoms with E-state index in [1.54, 1.807) is 0 Å². The van der Waals surface area contributed by atoms with Gasteiger partial charge < -0.3 is 4.90 Å². The molecule has 2 aromatic carbocycles. The van der Waals surface area contributed by atoms with Crippen LogP contribution in [0.15, 0.2) is 86.0 Å². The van der Waals surface area contributed by atoms with Gasteiger partial charge in [-0.2, -0.15) is 0 Å². The highest BCUT2D eigenvalue weighted by atomic mass is 16.2. The fourth-order valence-corrected chi connectivity index (χ4v) is 4.06. The van der Waals surface area contributed by atoms with E-state index in [0.717, 1.165) is 44.6 Å². The lowest BCUT2D eigenvalue weighted by Gasteiger charge is -2.48. The van der Waals surface area contributed by atoms with Crippen LogP contribution in [0.2, 0.25) is 0 Å². The SMILES string of the molecule is C=CCC1(N(C(=O)C=C)c2ccccc2)CCN(Cc2ccccc2)CC1. The van der Waals surface area contributed by atoms with Gasteiger partial charge in [0.15, 0.2) is 0 Å². The lowest BCUT2D eigenvalue weighted by atomic mass is 9.81. The zero-order chi connectivity index (χ0) is 19.1. The molecule has 0 aliphatic carbocycles. The van der Waals surface area contributed by atoms with E-state index < -0.39 is 0 Å². The van der Waals surface area contributed by atoms with Crippen molar-refractivity contribution >= 4 is 11.6 Å². The Morgan fingerprint density at radius 2 is 1.59 bits per heavy atom. The van der Waals surface area contributed by atoms with Gasteiger partial charge in [0.1, 0.15) is 0 Å². The van der Waals surface area contributed by atoms with Crippen LogP contribution in [0.5, 0.6) is 0 Å². The summed E-state index contributed by atoms with van der Waals surface area (Å²) in [4.78, 5) is 17.2. The summed E-state index contributed by atoms with van der Waals surface area (Å²) in [5, 5.41) is 0. The molecule has 0 bridgehead atoms. The molecular formula is C24H28N2O. The number of anilines is 1. The fourth-order valence-electron chi connectivity index (χ4n) is 4.06. The van der Waals surface area contributed by atoms with E-state index in [-0.39, 0.29) is 11.4 Å². The van der Waals surface area contributed by atoms with Gasteiger partial charge in [0, 0.05) is 25.3 Å². The molecule has 0 atom stereocenters. The Balaban J connectivity index is 1.82. The first kappa shape index (κ1) is 19.1. The third kappa shape index (κ3) is 4.37. The molecule has 0 saturated carbocycles. The van der Waals surface area contributed by atoms with Gasteiger partial charge in [-0.15, -0.1) is 6.58 Å². The van der Waals surface area contributed by atoms with Crippen molar-refractivity contribution in [2.24, 2.45) is 0 Å². The second-order valence-corrected chi connectivity index (χ2v) is 7.19. The van der Waals surface area contributed by atoms with Crippen molar-refractivity contribution in [3.05, 3.63) is 91.5 Å². The third-order valence-electron chi connectivity index (χ3n) is 5.44. The van der Waals surface area contributed by atoms with Gasteiger partial charge in [-0.3, -0.25) is 9.69 Å². The molecule has 1 heterocycles. The summed E-state index contributed by atoms with van der Waals surface area (Å²) in [5.74, 6) is -0.0421. The Kier molecular flexibility index (Phi) is 6.25. The average Bonchev–Trinajstić information content (AvgIpc) is 2.71. The molecular weight excluding hydrogens is 332 g/mol. The second-order valence-electron chi connectivity index (χ2n) is 7.19. The molecule has 1 amide bonds. The highest BCUT2D eigenvalue weighted by Crippen LogP contribution is 2.37. The van der Waals surface area contributed by atoms with Crippen LogP contribution in [0.4, 0.5) is 5.69 Å². The van der Waals surface area contributed by atoms with Crippen molar-refractivity contribution in [3.63, 3.8) is 0 Å². The minimum absolute atomic E-state index is 0.0421. The van der Waals surface area contributed by atoms with Crippen molar-refractivity contribution in [1.82, 2.24) is 4.90 Å². The van der Waals surface area contributed by atoms with Crippen LogP contribution >= 0.6 is 0 Å². The average molecular weight is 361 g/mol. The summed E-state index contributed by atoms with van der Waals surface area (Å²) < 4.78 is 0. The second kappa shape index (κ2) is 8.83. The van der Waals surface area contributed by atoms with E-state index in [1.807, 2.05) is 47.4 Å². The molecule has 2 aromatic rings. The van der Waals surface area contributed by atoms with Crippen LogP contribution in [-0.4, -0.2) is 29.4 Å². The van der Waals surface area contributed by atoms with Crippen LogP contribution in [0.25, 0.3) is 0 Å². The molecule has 3 nitrogen and oxygen atoms in total. The predicted molar refractivity (Wildman–Crippen MR) is 113 cm³/mol. The molecule has 1 aliphatic heterocycles. The van der Waals surface area contributed by atoms with Crippen molar-refractivity contribution in [3.8, 4) is 0 Å². The van der Waals surface area contributed by atoms with Gasteiger partial charge in [0.2, 0.25) is 0 Å². The standard InChI is InChI=1S/C24H28N2O/c1-3-15-24(26(23(27)4-2)22-13-9-6-10-14-22)16-18-25(19-17-24)20-21-11-7-5-8-12-21/h3-14H,1-2,15-20H2. The highest BCUT2D eigenvalue weighted by Gasteiger charge is 2.41. The molecule has 0 aromatic heterocycles. The molecule has 140 valence electrons. The van der Waals surface area contributed by atoms with Crippen LogP contribution in [0.3, 0.4) is 0 Å². The Hall–Kier alpha value is -2.65. The Morgan fingerprint density at radius 1 is 1.00 bits per heavy atom. The first-order valence-electron chi connectivity index (χ1n) is 9.57. The Morgan fingerprint density at radius 3 is 2.15 bits per heavy atom. The number of piperidine rings is 1. The molecule has 0 radical (unpaired) electrons. The van der Waals surface area contributed by atoms with Gasteiger partial charge in [0.05, 0.1) is 5.54 Å². The summed E-state index contributed by atoms with van der Waals surface area (Å²) in [6.07, 6.45) is 5.98. The van der Waals surface area contributed by atoms with Crippen LogP contribution < -0.4 is 4.90 Å². The number of carbonyl (C=O) groups is 1. The van der Waals surface area contributed by atoms with E-state index in [2.05, 4.69) is 42.3 Å². The smallest absolute Gasteiger partial charge is 0.250 e. The summed E-state index contributed by atoms with van der Waals surface area (Å²) in [6.45, 7) is 10.6. The summed E-state index contributed by atoms with van der Waals surface area (Å²) in [5.41, 5.74) is 2.01. The van der Waals surface area contributed by atoms with Gasteiger partial charge in [-0.05, 0) is 43.0 Å². The van der Waals surface area contributed by atoms with Gasteiger partial charge >= 0.3 is 0 Å². The highest BCUT2D eigenvalue weighted by molar-refractivity contribution is 6.02. The molecule has 0 N–H and O–H groups in total. The van der Waals surface area contributed by atoms with E-state index in [9.17, 15) is 4.79 Å². The maximum Gasteiger partial charge on any atom is 0.250 e. The summed E-state index contributed by atoms with van der Waals surface area (Å²) >= 11 is 0. The summed E-state index contributed by atoms with van der Waals surface area (Å²) in [7, 11) is 0. The van der Waals surface area contributed by atoms with Crippen LogP contribution in [0, 0.1) is 0 Å². The number of benzene rings is 2. The van der Waals surface area contributed by atoms with Crippen molar-refractivity contribution in [2.75, 3.05) is 18.0 Å². The number of hydrogen-bond acceptors (Lipinski definition) is 2. The number of likely N-dealkylation sites (tertiary alicyclic amines) is 1. The number of nitrogens with zero attached hydrogens (tertiary/aromatic N) is 2. The van der Waals surface area contributed by atoms with E-state index in [4.69, 9.17) is 0 Å². The van der Waals surface area contributed by atoms with Crippen LogP contribution in [0.1, 0.15) is 24.8 Å². The number of hydrogen-bond donors (Lipinski definition) is 0. The van der Waals surface area contributed by atoms with Crippen molar-refractivity contribution < 1.29 is 4.79 Å². The van der Waals surface area contributed by atoms with E-state index in [1.165, 1.54) is 11.6 Å². The first-order chi connectivity index (χ1) is 13.2. The van der Waals surface area contributed by atoms with Crippen LogP contribution in [-0.2, 0) is 11.3 Å². The maximum absolute atomic E-state index is 12.8. The zero-order valence-corrected chi connectivity index (χ0v) is 15.9. The Bertz CT molecular complexity index is 761. The van der Waals surface area contributed by atoms with Gasteiger partial charge in [0.25, 0.3) is 5.91 Å². The molecule has 3 heteroatoms. The molecule has 3 rings (SSSR count). The number of carbonyl (C=O) groups excluding carboxylic acids is 1. The quantitative estimate of drug-likeness (QED) is 0.522. The molecule has 1 saturated heterocycles. The van der Waals surface area contributed by atoms with E-state index >= 15 is 0 Å². The molecule has 0 unspecified atom stereocenters. The zero-order valence-electron chi connectivity index (χ0n) is 15.9. The molecule has 0 spiro atoms. The van der Waals surface area contributed by atoms with Crippen molar-refractivity contribution in [1.29, 1.82) is 0 Å².